The molecule has 1 fully saturated rings. The monoisotopic (exact) mass is 375 g/mol. The lowest BCUT2D eigenvalue weighted by Crippen LogP contribution is -2.07. The van der Waals surface area contributed by atoms with Gasteiger partial charge in [-0.05, 0) is 36.6 Å². The zero-order chi connectivity index (χ0) is 18.1. The second kappa shape index (κ2) is 6.97. The largest absolute Gasteiger partial charge is 0.497 e. The van der Waals surface area contributed by atoms with Gasteiger partial charge in [0.2, 0.25) is 5.28 Å². The van der Waals surface area contributed by atoms with Crippen molar-refractivity contribution in [1.82, 2.24) is 19.5 Å². The number of imidazole rings is 1. The highest BCUT2D eigenvalue weighted by Crippen LogP contribution is 2.34. The van der Waals surface area contributed by atoms with Gasteiger partial charge >= 0.3 is 0 Å². The van der Waals surface area contributed by atoms with E-state index in [0.717, 1.165) is 19.4 Å². The van der Waals surface area contributed by atoms with Gasteiger partial charge in [-0.2, -0.15) is 9.97 Å². The van der Waals surface area contributed by atoms with Gasteiger partial charge in [-0.3, -0.25) is 4.57 Å². The molecule has 2 aromatic heterocycles. The molecule has 8 nitrogen and oxygen atoms in total. The number of hydrogen-bond donors (Lipinski definition) is 1. The van der Waals surface area contributed by atoms with Crippen LogP contribution < -0.4 is 14.8 Å². The van der Waals surface area contributed by atoms with Gasteiger partial charge in [0.15, 0.2) is 17.0 Å². The van der Waals surface area contributed by atoms with E-state index in [1.54, 1.807) is 20.5 Å². The summed E-state index contributed by atoms with van der Waals surface area (Å²) >= 11 is 6.16. The molecule has 1 aliphatic rings. The van der Waals surface area contributed by atoms with Crippen LogP contribution in [0.4, 0.5) is 11.5 Å². The summed E-state index contributed by atoms with van der Waals surface area (Å²) in [4.78, 5) is 13.1. The zero-order valence-electron chi connectivity index (χ0n) is 14.4. The van der Waals surface area contributed by atoms with Crippen LogP contribution in [0.3, 0.4) is 0 Å². The molecule has 9 heteroatoms. The van der Waals surface area contributed by atoms with Crippen LogP contribution >= 0.6 is 11.6 Å². The van der Waals surface area contributed by atoms with Gasteiger partial charge in [-0.15, -0.1) is 0 Å². The number of halogens is 1. The number of nitrogens with one attached hydrogen (secondary N) is 1. The van der Waals surface area contributed by atoms with Crippen molar-refractivity contribution < 1.29 is 14.2 Å². The molecule has 3 heterocycles. The Morgan fingerprint density at radius 1 is 1.27 bits per heavy atom. The average Bonchev–Trinajstić information content (AvgIpc) is 3.30. The quantitative estimate of drug-likeness (QED) is 0.682. The van der Waals surface area contributed by atoms with Crippen molar-refractivity contribution in [3.8, 4) is 11.5 Å². The summed E-state index contributed by atoms with van der Waals surface area (Å²) in [7, 11) is 3.20. The standard InChI is InChI=1S/C17H18ClN5O3/c1-24-10-5-6-12(25-2)11(8-10)20-15-14-16(22-17(18)21-15)23(9-19-14)13-4-3-7-26-13/h5-6,8-9,13H,3-4,7H2,1-2H3,(H,20,21,22). The van der Waals surface area contributed by atoms with E-state index in [2.05, 4.69) is 20.3 Å². The minimum absolute atomic E-state index is 0.0785. The van der Waals surface area contributed by atoms with E-state index in [0.29, 0.717) is 34.2 Å². The van der Waals surface area contributed by atoms with Crippen LogP contribution in [0.2, 0.25) is 5.28 Å². The minimum atomic E-state index is -0.0785. The number of ether oxygens (including phenoxy) is 3. The van der Waals surface area contributed by atoms with Crippen molar-refractivity contribution in [3.63, 3.8) is 0 Å². The van der Waals surface area contributed by atoms with Crippen molar-refractivity contribution in [1.29, 1.82) is 0 Å². The van der Waals surface area contributed by atoms with Gasteiger partial charge in [0.1, 0.15) is 17.7 Å². The van der Waals surface area contributed by atoms with E-state index >= 15 is 0 Å². The van der Waals surface area contributed by atoms with E-state index in [4.69, 9.17) is 25.8 Å². The number of nitrogens with zero attached hydrogens (tertiary/aromatic N) is 4. The first-order valence-corrected chi connectivity index (χ1v) is 8.58. The normalized spacial score (nSPS) is 16.8. The third kappa shape index (κ3) is 3.02. The van der Waals surface area contributed by atoms with Crippen LogP contribution in [0.1, 0.15) is 19.1 Å². The van der Waals surface area contributed by atoms with E-state index in [1.807, 2.05) is 22.8 Å². The first kappa shape index (κ1) is 16.9. The molecule has 0 bridgehead atoms. The van der Waals surface area contributed by atoms with Gasteiger partial charge in [0, 0.05) is 12.7 Å². The van der Waals surface area contributed by atoms with Gasteiger partial charge in [-0.1, -0.05) is 0 Å². The molecule has 4 rings (SSSR count). The number of benzene rings is 1. The molecule has 1 unspecified atom stereocenters. The molecule has 0 saturated carbocycles. The number of aromatic nitrogens is 4. The number of rotatable bonds is 5. The molecular formula is C17H18ClN5O3. The molecule has 136 valence electrons. The zero-order valence-corrected chi connectivity index (χ0v) is 15.2. The maximum Gasteiger partial charge on any atom is 0.226 e. The van der Waals surface area contributed by atoms with Crippen molar-refractivity contribution in [2.45, 2.75) is 19.1 Å². The van der Waals surface area contributed by atoms with E-state index in [-0.39, 0.29) is 11.5 Å². The number of hydrogen-bond acceptors (Lipinski definition) is 7. The molecule has 0 aliphatic carbocycles. The molecule has 3 aromatic rings. The summed E-state index contributed by atoms with van der Waals surface area (Å²) in [5.74, 6) is 1.82. The van der Waals surface area contributed by atoms with Crippen LogP contribution in [0.25, 0.3) is 11.2 Å². The smallest absolute Gasteiger partial charge is 0.226 e. The summed E-state index contributed by atoms with van der Waals surface area (Å²) in [6.45, 7) is 0.731. The highest BCUT2D eigenvalue weighted by atomic mass is 35.5. The molecule has 26 heavy (non-hydrogen) atoms. The first-order chi connectivity index (χ1) is 12.7. The fraction of sp³-hybridized carbons (Fsp3) is 0.353. The highest BCUT2D eigenvalue weighted by molar-refractivity contribution is 6.28. The maximum absolute atomic E-state index is 6.16. The Bertz CT molecular complexity index is 940. The molecule has 0 amide bonds. The molecule has 1 atom stereocenters. The predicted molar refractivity (Wildman–Crippen MR) is 97.4 cm³/mol. The highest BCUT2D eigenvalue weighted by Gasteiger charge is 2.22. The number of fused-ring (bicyclic) bond motifs is 1. The van der Waals surface area contributed by atoms with Crippen molar-refractivity contribution in [2.75, 3.05) is 26.1 Å². The Balaban J connectivity index is 1.77. The Morgan fingerprint density at radius 2 is 2.15 bits per heavy atom. The van der Waals surface area contributed by atoms with Gasteiger partial charge in [0.05, 0.1) is 26.2 Å². The van der Waals surface area contributed by atoms with E-state index in [9.17, 15) is 0 Å². The van der Waals surface area contributed by atoms with Crippen LogP contribution in [-0.4, -0.2) is 40.3 Å². The summed E-state index contributed by atoms with van der Waals surface area (Å²) < 4.78 is 18.3. The van der Waals surface area contributed by atoms with Crippen LogP contribution in [0.15, 0.2) is 24.5 Å². The lowest BCUT2D eigenvalue weighted by Gasteiger charge is -2.14. The van der Waals surface area contributed by atoms with E-state index < -0.39 is 0 Å². The second-order valence-corrected chi connectivity index (χ2v) is 6.16. The second-order valence-electron chi connectivity index (χ2n) is 5.82. The lowest BCUT2D eigenvalue weighted by molar-refractivity contribution is 0.0593. The van der Waals surface area contributed by atoms with Gasteiger partial charge in [0.25, 0.3) is 0 Å². The van der Waals surface area contributed by atoms with E-state index in [1.165, 1.54) is 0 Å². The van der Waals surface area contributed by atoms with Gasteiger partial charge in [-0.25, -0.2) is 4.98 Å². The maximum atomic E-state index is 6.16. The lowest BCUT2D eigenvalue weighted by atomic mass is 10.2. The van der Waals surface area contributed by atoms with Crippen molar-refractivity contribution in [2.24, 2.45) is 0 Å². The van der Waals surface area contributed by atoms with Crippen LogP contribution in [-0.2, 0) is 4.74 Å². The topological polar surface area (TPSA) is 83.3 Å². The minimum Gasteiger partial charge on any atom is -0.497 e. The average molecular weight is 376 g/mol. The third-order valence-electron chi connectivity index (χ3n) is 4.27. The molecular weight excluding hydrogens is 358 g/mol. The molecule has 0 radical (unpaired) electrons. The third-order valence-corrected chi connectivity index (χ3v) is 4.44. The Hall–Kier alpha value is -2.58. The summed E-state index contributed by atoms with van der Waals surface area (Å²) in [6, 6.07) is 5.45. The van der Waals surface area contributed by atoms with Crippen LogP contribution in [0, 0.1) is 0 Å². The van der Waals surface area contributed by atoms with Gasteiger partial charge < -0.3 is 19.5 Å². The molecule has 1 saturated heterocycles. The summed E-state index contributed by atoms with van der Waals surface area (Å²) in [6.07, 6.45) is 3.55. The Labute approximate surface area is 155 Å². The molecule has 0 spiro atoms. The fourth-order valence-corrected chi connectivity index (χ4v) is 3.17. The molecule has 1 aliphatic heterocycles. The predicted octanol–water partition coefficient (Wildman–Crippen LogP) is 3.55. The fourth-order valence-electron chi connectivity index (χ4n) is 3.01. The SMILES string of the molecule is COc1ccc(OC)c(Nc2nc(Cl)nc3c2ncn3C2CCCO2)c1. The Morgan fingerprint density at radius 3 is 2.88 bits per heavy atom. The van der Waals surface area contributed by atoms with Crippen molar-refractivity contribution in [3.05, 3.63) is 29.8 Å². The molecule has 1 N–H and O–H groups in total. The first-order valence-electron chi connectivity index (χ1n) is 8.20. The number of anilines is 2. The Kier molecular flexibility index (Phi) is 4.52. The van der Waals surface area contributed by atoms with Crippen molar-refractivity contribution >= 4 is 34.3 Å². The van der Waals surface area contributed by atoms with Crippen LogP contribution in [0.5, 0.6) is 11.5 Å². The summed E-state index contributed by atoms with van der Waals surface area (Å²) in [5, 5.41) is 3.36. The summed E-state index contributed by atoms with van der Waals surface area (Å²) in [5.41, 5.74) is 1.92. The molecule has 1 aromatic carbocycles. The number of methoxy groups -OCH3 is 2.